The molecule has 0 saturated carbocycles. The highest BCUT2D eigenvalue weighted by Gasteiger charge is 2.28. The van der Waals surface area contributed by atoms with Crippen molar-refractivity contribution >= 4 is 44.4 Å². The average Bonchev–Trinajstić information content (AvgIpc) is 3.48. The van der Waals surface area contributed by atoms with E-state index in [-0.39, 0.29) is 16.0 Å². The lowest BCUT2D eigenvalue weighted by Gasteiger charge is -2.26. The summed E-state index contributed by atoms with van der Waals surface area (Å²) in [6.45, 7) is 2.78. The fourth-order valence-electron chi connectivity index (χ4n) is 4.26. The van der Waals surface area contributed by atoms with Crippen molar-refractivity contribution in [3.8, 4) is 0 Å². The molecule has 3 heterocycles. The quantitative estimate of drug-likeness (QED) is 0.428. The minimum atomic E-state index is -3.64. The minimum Gasteiger partial charge on any atom is -0.379 e. The zero-order chi connectivity index (χ0) is 23.7. The van der Waals surface area contributed by atoms with Crippen molar-refractivity contribution in [2.24, 2.45) is 0 Å². The number of morpholine rings is 1. The number of benzene rings is 2. The highest BCUT2D eigenvalue weighted by molar-refractivity contribution is 7.98. The van der Waals surface area contributed by atoms with Gasteiger partial charge in [0.25, 0.3) is 0 Å². The molecule has 0 aliphatic carbocycles. The molecule has 0 spiro atoms. The van der Waals surface area contributed by atoms with Crippen LogP contribution in [-0.4, -0.2) is 61.3 Å². The minimum absolute atomic E-state index is 0.0661. The van der Waals surface area contributed by atoms with E-state index in [9.17, 15) is 12.8 Å². The average molecular weight is 526 g/mol. The molecule has 1 aromatic heterocycles. The number of rotatable bonds is 7. The smallest absolute Gasteiger partial charge is 0.243 e. The maximum Gasteiger partial charge on any atom is 0.243 e. The fraction of sp³-hybridized carbons (Fsp3) is 0.435. The Bertz CT molecular complexity index is 1290. The summed E-state index contributed by atoms with van der Waals surface area (Å²) in [6, 6.07) is 10.00. The number of aromatic nitrogens is 2. The Hall–Kier alpha value is -1.69. The summed E-state index contributed by atoms with van der Waals surface area (Å²) in [7, 11) is -3.64. The van der Waals surface area contributed by atoms with Crippen molar-refractivity contribution in [2.45, 2.75) is 41.3 Å². The standard InChI is InChI=1S/C23H25ClFN3O4S2/c24-19-5-1-3-16(22(19)25)15-33-23-26-20-13-18(34(29,30)27-8-11-31-12-9-27)6-7-21(20)28(23)14-17-4-2-10-32-17/h1,3,5-7,13,17H,2,4,8-12,14-15H2/t17-/m0/s1. The molecule has 0 amide bonds. The molecule has 0 unspecified atom stereocenters. The second kappa shape index (κ2) is 10.1. The first-order valence-corrected chi connectivity index (χ1v) is 14.0. The normalized spacial score (nSPS) is 19.8. The van der Waals surface area contributed by atoms with Crippen molar-refractivity contribution in [1.82, 2.24) is 13.9 Å². The molecule has 34 heavy (non-hydrogen) atoms. The largest absolute Gasteiger partial charge is 0.379 e. The van der Waals surface area contributed by atoms with Crippen LogP contribution in [0, 0.1) is 5.82 Å². The lowest BCUT2D eigenvalue weighted by molar-refractivity contribution is 0.0730. The number of ether oxygens (including phenoxy) is 2. The summed E-state index contributed by atoms with van der Waals surface area (Å²) in [6.07, 6.45) is 2.03. The lowest BCUT2D eigenvalue weighted by atomic mass is 10.2. The number of halogens is 2. The molecule has 7 nitrogen and oxygen atoms in total. The Morgan fingerprint density at radius 2 is 2.00 bits per heavy atom. The summed E-state index contributed by atoms with van der Waals surface area (Å²) in [5, 5.41) is 0.773. The van der Waals surface area contributed by atoms with Gasteiger partial charge in [0.05, 0.1) is 46.8 Å². The molecule has 2 aromatic carbocycles. The molecule has 0 bridgehead atoms. The molecule has 2 saturated heterocycles. The highest BCUT2D eigenvalue weighted by atomic mass is 35.5. The van der Waals surface area contributed by atoms with Crippen LogP contribution in [0.2, 0.25) is 5.02 Å². The van der Waals surface area contributed by atoms with Crippen molar-refractivity contribution in [3.63, 3.8) is 0 Å². The van der Waals surface area contributed by atoms with Gasteiger partial charge in [-0.1, -0.05) is 35.5 Å². The van der Waals surface area contributed by atoms with Gasteiger partial charge in [0.2, 0.25) is 10.0 Å². The predicted octanol–water partition coefficient (Wildman–Crippen LogP) is 4.32. The molecule has 2 aliphatic heterocycles. The van der Waals surface area contributed by atoms with Gasteiger partial charge in [-0.3, -0.25) is 0 Å². The van der Waals surface area contributed by atoms with E-state index in [1.165, 1.54) is 22.1 Å². The zero-order valence-electron chi connectivity index (χ0n) is 18.5. The van der Waals surface area contributed by atoms with E-state index in [2.05, 4.69) is 0 Å². The molecule has 2 fully saturated rings. The first-order chi connectivity index (χ1) is 16.4. The molecule has 1 atom stereocenters. The van der Waals surface area contributed by atoms with E-state index >= 15 is 0 Å². The maximum atomic E-state index is 14.4. The number of fused-ring (bicyclic) bond motifs is 1. The summed E-state index contributed by atoms with van der Waals surface area (Å²) < 4.78 is 55.3. The number of nitrogens with zero attached hydrogens (tertiary/aromatic N) is 3. The molecule has 182 valence electrons. The Morgan fingerprint density at radius 1 is 1.18 bits per heavy atom. The monoisotopic (exact) mass is 525 g/mol. The third-order valence-corrected chi connectivity index (χ3v) is 9.30. The SMILES string of the molecule is O=S(=O)(c1ccc2c(c1)nc(SCc1cccc(Cl)c1F)n2C[C@@H]1CCCO1)N1CCOCC1. The maximum absolute atomic E-state index is 14.4. The predicted molar refractivity (Wildman–Crippen MR) is 129 cm³/mol. The lowest BCUT2D eigenvalue weighted by Crippen LogP contribution is -2.40. The summed E-state index contributed by atoms with van der Waals surface area (Å²) in [4.78, 5) is 4.96. The van der Waals surface area contributed by atoms with Crippen LogP contribution in [0.3, 0.4) is 0 Å². The molecular weight excluding hydrogens is 501 g/mol. The van der Waals surface area contributed by atoms with Crippen LogP contribution in [0.5, 0.6) is 0 Å². The van der Waals surface area contributed by atoms with Gasteiger partial charge < -0.3 is 14.0 Å². The Morgan fingerprint density at radius 3 is 2.76 bits per heavy atom. The fourth-order valence-corrected chi connectivity index (χ4v) is 6.89. The van der Waals surface area contributed by atoms with E-state index in [4.69, 9.17) is 26.1 Å². The highest BCUT2D eigenvalue weighted by Crippen LogP contribution is 2.32. The van der Waals surface area contributed by atoms with Gasteiger partial charge in [0, 0.05) is 25.4 Å². The molecule has 0 N–H and O–H groups in total. The third kappa shape index (κ3) is 4.84. The first-order valence-electron chi connectivity index (χ1n) is 11.2. The number of hydrogen-bond donors (Lipinski definition) is 0. The Labute approximate surface area is 207 Å². The van der Waals surface area contributed by atoms with Crippen molar-refractivity contribution in [1.29, 1.82) is 0 Å². The van der Waals surface area contributed by atoms with Crippen LogP contribution in [0.1, 0.15) is 18.4 Å². The molecular formula is C23H25ClFN3O4S2. The van der Waals surface area contributed by atoms with Crippen LogP contribution in [0.25, 0.3) is 11.0 Å². The summed E-state index contributed by atoms with van der Waals surface area (Å²) in [5.74, 6) is -0.0856. The number of imidazole rings is 1. The number of thioether (sulfide) groups is 1. The Kier molecular flexibility index (Phi) is 7.15. The van der Waals surface area contributed by atoms with E-state index in [0.29, 0.717) is 54.8 Å². The van der Waals surface area contributed by atoms with Crippen LogP contribution < -0.4 is 0 Å². The van der Waals surface area contributed by atoms with Crippen LogP contribution >= 0.6 is 23.4 Å². The molecule has 5 rings (SSSR count). The van der Waals surface area contributed by atoms with E-state index < -0.39 is 15.8 Å². The third-order valence-electron chi connectivity index (χ3n) is 6.09. The van der Waals surface area contributed by atoms with Gasteiger partial charge in [0.1, 0.15) is 5.82 Å². The number of hydrogen-bond acceptors (Lipinski definition) is 6. The molecule has 0 radical (unpaired) electrons. The molecule has 3 aromatic rings. The Balaban J connectivity index is 1.48. The summed E-state index contributed by atoms with van der Waals surface area (Å²) in [5.41, 5.74) is 1.90. The molecule has 2 aliphatic rings. The van der Waals surface area contributed by atoms with E-state index in [1.54, 1.807) is 30.3 Å². The van der Waals surface area contributed by atoms with Gasteiger partial charge in [-0.05, 0) is 42.7 Å². The molecule has 11 heteroatoms. The number of sulfonamides is 1. The van der Waals surface area contributed by atoms with Crippen LogP contribution in [0.4, 0.5) is 4.39 Å². The second-order valence-corrected chi connectivity index (χ2v) is 11.6. The first kappa shape index (κ1) is 24.0. The van der Waals surface area contributed by atoms with Crippen molar-refractivity contribution in [2.75, 3.05) is 32.9 Å². The van der Waals surface area contributed by atoms with Crippen molar-refractivity contribution < 1.29 is 22.3 Å². The van der Waals surface area contributed by atoms with Gasteiger partial charge in [-0.25, -0.2) is 17.8 Å². The summed E-state index contributed by atoms with van der Waals surface area (Å²) >= 11 is 7.33. The van der Waals surface area contributed by atoms with E-state index in [1.807, 2.05) is 4.57 Å². The van der Waals surface area contributed by atoms with Crippen LogP contribution in [-0.2, 0) is 31.8 Å². The van der Waals surface area contributed by atoms with Gasteiger partial charge in [-0.2, -0.15) is 4.31 Å². The second-order valence-electron chi connectivity index (χ2n) is 8.31. The van der Waals surface area contributed by atoms with Crippen molar-refractivity contribution in [3.05, 3.63) is 52.8 Å². The van der Waals surface area contributed by atoms with Gasteiger partial charge >= 0.3 is 0 Å². The van der Waals surface area contributed by atoms with Crippen LogP contribution in [0.15, 0.2) is 46.5 Å². The zero-order valence-corrected chi connectivity index (χ0v) is 20.8. The van der Waals surface area contributed by atoms with E-state index in [0.717, 1.165) is 25.0 Å². The van der Waals surface area contributed by atoms with Gasteiger partial charge in [0.15, 0.2) is 5.16 Å². The van der Waals surface area contributed by atoms with Gasteiger partial charge in [-0.15, -0.1) is 0 Å². The topological polar surface area (TPSA) is 73.7 Å².